The minimum atomic E-state index is -0.363. The number of aromatic nitrogens is 2. The second kappa shape index (κ2) is 5.05. The Morgan fingerprint density at radius 1 is 1.50 bits per heavy atom. The van der Waals surface area contributed by atoms with Gasteiger partial charge in [-0.25, -0.2) is 0 Å². The monoisotopic (exact) mass is 294 g/mol. The van der Waals surface area contributed by atoms with E-state index >= 15 is 0 Å². The average Bonchev–Trinajstić information content (AvgIpc) is 2.96. The summed E-state index contributed by atoms with van der Waals surface area (Å²) in [6, 6.07) is 0. The summed E-state index contributed by atoms with van der Waals surface area (Å²) in [5.41, 5.74) is 0.225. The van der Waals surface area contributed by atoms with Crippen LogP contribution in [0.25, 0.3) is 4.96 Å². The van der Waals surface area contributed by atoms with E-state index in [2.05, 4.69) is 17.2 Å². The fraction of sp³-hybridized carbons (Fsp3) is 0.615. The maximum atomic E-state index is 11.2. The number of hydrogen-bond acceptors (Lipinski definition) is 5. The van der Waals surface area contributed by atoms with Crippen molar-refractivity contribution in [1.29, 1.82) is 0 Å². The Balaban J connectivity index is 1.81. The van der Waals surface area contributed by atoms with E-state index in [1.807, 2.05) is 5.38 Å². The second-order valence-corrected chi connectivity index (χ2v) is 6.69. The Labute approximate surface area is 121 Å². The summed E-state index contributed by atoms with van der Waals surface area (Å²) in [4.78, 5) is 15.9. The van der Waals surface area contributed by atoms with Crippen molar-refractivity contribution in [3.05, 3.63) is 21.7 Å². The smallest absolute Gasteiger partial charge is 0.362 e. The van der Waals surface area contributed by atoms with Crippen LogP contribution in [0.5, 0.6) is 0 Å². The molecule has 20 heavy (non-hydrogen) atoms. The lowest BCUT2D eigenvalue weighted by Crippen LogP contribution is -2.29. The van der Waals surface area contributed by atoms with Crippen LogP contribution in [-0.4, -0.2) is 20.9 Å². The van der Waals surface area contributed by atoms with Gasteiger partial charge in [-0.15, -0.1) is 0 Å². The SMILES string of the molecule is CC1(CNc2nc3sccn3c2[N+](=O)[O-])CCCCC1. The Morgan fingerprint density at radius 2 is 2.25 bits per heavy atom. The van der Waals surface area contributed by atoms with Gasteiger partial charge in [0.25, 0.3) is 4.96 Å². The number of rotatable bonds is 4. The number of imidazole rings is 1. The zero-order valence-electron chi connectivity index (χ0n) is 11.5. The number of nitro groups is 1. The van der Waals surface area contributed by atoms with Gasteiger partial charge in [-0.05, 0) is 23.2 Å². The van der Waals surface area contributed by atoms with E-state index in [1.54, 1.807) is 6.20 Å². The number of nitrogens with one attached hydrogen (secondary N) is 1. The molecule has 1 aliphatic carbocycles. The van der Waals surface area contributed by atoms with Gasteiger partial charge < -0.3 is 15.4 Å². The highest BCUT2D eigenvalue weighted by Gasteiger charge is 2.29. The first-order valence-electron chi connectivity index (χ1n) is 6.93. The third-order valence-corrected chi connectivity index (χ3v) is 4.91. The molecular formula is C13H18N4O2S. The van der Waals surface area contributed by atoms with E-state index in [-0.39, 0.29) is 16.2 Å². The van der Waals surface area contributed by atoms with Gasteiger partial charge in [0.1, 0.15) is 6.20 Å². The summed E-state index contributed by atoms with van der Waals surface area (Å²) < 4.78 is 1.54. The zero-order valence-corrected chi connectivity index (χ0v) is 12.3. The molecule has 0 amide bonds. The summed E-state index contributed by atoms with van der Waals surface area (Å²) in [5.74, 6) is 0.439. The number of anilines is 1. The minimum Gasteiger partial charge on any atom is -0.362 e. The molecular weight excluding hydrogens is 276 g/mol. The van der Waals surface area contributed by atoms with Gasteiger partial charge >= 0.3 is 5.82 Å². The molecule has 108 valence electrons. The molecule has 1 aliphatic rings. The molecule has 7 heteroatoms. The van der Waals surface area contributed by atoms with E-state index in [0.717, 1.165) is 6.54 Å². The number of nitrogens with zero attached hydrogens (tertiary/aromatic N) is 3. The fourth-order valence-electron chi connectivity index (χ4n) is 2.95. The van der Waals surface area contributed by atoms with Crippen molar-refractivity contribution in [2.75, 3.05) is 11.9 Å². The second-order valence-electron chi connectivity index (χ2n) is 5.82. The van der Waals surface area contributed by atoms with Crippen LogP contribution in [0.15, 0.2) is 11.6 Å². The highest BCUT2D eigenvalue weighted by molar-refractivity contribution is 7.15. The Bertz CT molecular complexity index is 627. The molecule has 2 aromatic rings. The molecule has 1 fully saturated rings. The molecule has 0 atom stereocenters. The molecule has 0 spiro atoms. The first kappa shape index (κ1) is 13.4. The fourth-order valence-corrected chi connectivity index (χ4v) is 3.66. The third-order valence-electron chi connectivity index (χ3n) is 4.15. The highest BCUT2D eigenvalue weighted by Crippen LogP contribution is 2.37. The third kappa shape index (κ3) is 2.37. The van der Waals surface area contributed by atoms with Gasteiger partial charge in [0.05, 0.1) is 0 Å². The van der Waals surface area contributed by atoms with E-state index in [4.69, 9.17) is 0 Å². The summed E-state index contributed by atoms with van der Waals surface area (Å²) in [6.07, 6.45) is 7.84. The number of hydrogen-bond donors (Lipinski definition) is 1. The topological polar surface area (TPSA) is 72.5 Å². The Morgan fingerprint density at radius 3 is 2.95 bits per heavy atom. The Hall–Kier alpha value is -1.63. The molecule has 2 heterocycles. The van der Waals surface area contributed by atoms with E-state index in [0.29, 0.717) is 10.8 Å². The summed E-state index contributed by atoms with van der Waals surface area (Å²) >= 11 is 1.41. The summed E-state index contributed by atoms with van der Waals surface area (Å²) in [6.45, 7) is 3.00. The molecule has 6 nitrogen and oxygen atoms in total. The van der Waals surface area contributed by atoms with Crippen molar-refractivity contribution in [1.82, 2.24) is 9.38 Å². The van der Waals surface area contributed by atoms with Crippen molar-refractivity contribution in [2.24, 2.45) is 5.41 Å². The molecule has 1 N–H and O–H groups in total. The standard InChI is InChI=1S/C13H18N4O2S/c1-13(5-3-2-4-6-13)9-14-10-11(17(18)19)16-7-8-20-12(16)15-10/h7-8,14H,2-6,9H2,1H3. The molecule has 0 aliphatic heterocycles. The van der Waals surface area contributed by atoms with Crippen molar-refractivity contribution in [3.8, 4) is 0 Å². The quantitative estimate of drug-likeness (QED) is 0.689. The number of thiazole rings is 1. The van der Waals surface area contributed by atoms with E-state index in [1.165, 1.54) is 47.8 Å². The predicted molar refractivity (Wildman–Crippen MR) is 79.4 cm³/mol. The van der Waals surface area contributed by atoms with Crippen molar-refractivity contribution >= 4 is 27.9 Å². The number of fused-ring (bicyclic) bond motifs is 1. The summed E-state index contributed by atoms with van der Waals surface area (Å²) in [5, 5.41) is 16.3. The first-order chi connectivity index (χ1) is 9.59. The maximum Gasteiger partial charge on any atom is 0.372 e. The predicted octanol–water partition coefficient (Wildman–Crippen LogP) is 3.69. The molecule has 1 saturated carbocycles. The summed E-state index contributed by atoms with van der Waals surface area (Å²) in [7, 11) is 0. The Kier molecular flexibility index (Phi) is 3.37. The van der Waals surface area contributed by atoms with Gasteiger partial charge in [0, 0.05) is 11.9 Å². The van der Waals surface area contributed by atoms with Crippen LogP contribution in [0, 0.1) is 15.5 Å². The molecule has 0 radical (unpaired) electrons. The van der Waals surface area contributed by atoms with E-state index < -0.39 is 0 Å². The zero-order chi connectivity index (χ0) is 14.2. The van der Waals surface area contributed by atoms with Crippen LogP contribution in [-0.2, 0) is 0 Å². The van der Waals surface area contributed by atoms with Crippen LogP contribution >= 0.6 is 11.3 Å². The van der Waals surface area contributed by atoms with Crippen molar-refractivity contribution in [3.63, 3.8) is 0 Å². The lowest BCUT2D eigenvalue weighted by atomic mass is 9.76. The molecule has 3 rings (SSSR count). The van der Waals surface area contributed by atoms with Gasteiger partial charge in [-0.3, -0.25) is 0 Å². The van der Waals surface area contributed by atoms with Crippen molar-refractivity contribution in [2.45, 2.75) is 39.0 Å². The van der Waals surface area contributed by atoms with Gasteiger partial charge in [-0.1, -0.05) is 37.5 Å². The van der Waals surface area contributed by atoms with Gasteiger partial charge in [0.2, 0.25) is 5.82 Å². The van der Waals surface area contributed by atoms with E-state index in [9.17, 15) is 10.1 Å². The van der Waals surface area contributed by atoms with Crippen molar-refractivity contribution < 1.29 is 4.92 Å². The minimum absolute atomic E-state index is 0.0423. The maximum absolute atomic E-state index is 11.2. The molecule has 2 aromatic heterocycles. The lowest BCUT2D eigenvalue weighted by molar-refractivity contribution is -0.389. The van der Waals surface area contributed by atoms with Gasteiger partial charge in [0.15, 0.2) is 0 Å². The van der Waals surface area contributed by atoms with Gasteiger partial charge in [-0.2, -0.15) is 9.38 Å². The van der Waals surface area contributed by atoms with Crippen LogP contribution in [0.1, 0.15) is 39.0 Å². The lowest BCUT2D eigenvalue weighted by Gasteiger charge is -2.33. The van der Waals surface area contributed by atoms with Crippen LogP contribution in [0.3, 0.4) is 0 Å². The highest BCUT2D eigenvalue weighted by atomic mass is 32.1. The molecule has 0 bridgehead atoms. The van der Waals surface area contributed by atoms with Crippen LogP contribution in [0.2, 0.25) is 0 Å². The first-order valence-corrected chi connectivity index (χ1v) is 7.81. The normalized spacial score (nSPS) is 18.2. The molecule has 0 unspecified atom stereocenters. The average molecular weight is 294 g/mol. The van der Waals surface area contributed by atoms with Crippen LogP contribution < -0.4 is 5.32 Å². The van der Waals surface area contributed by atoms with Crippen LogP contribution in [0.4, 0.5) is 11.6 Å². The molecule has 0 saturated heterocycles. The largest absolute Gasteiger partial charge is 0.372 e. The molecule has 0 aromatic carbocycles.